The van der Waals surface area contributed by atoms with E-state index in [0.717, 1.165) is 32.1 Å². The average Bonchev–Trinajstić information content (AvgIpc) is 3.06. The number of hydrogen-bond donors (Lipinski definition) is 3. The Bertz CT molecular complexity index is 787. The zero-order valence-electron chi connectivity index (χ0n) is 20.9. The SMILES string of the molecule is CC[C@H]1[C@@H](O)[C@@H]2[C@H](CC[C@]3(C)[C@@H]([C@H](C)CCNS(C)(=O)=O)CC[C@@H]23)[C@@]2(C)CC[C@@H](O)C[C@@H]12. The molecule has 4 aliphatic carbocycles. The standard InChI is InChI=1S/C26H47NO4S/c1-6-18-22-15-17(28)9-12-26(22,4)21-10-13-25(3)19(7-8-20(25)23(21)24(18)29)16(2)11-14-27-32(5,30)31/h16-24,27-29H,6-15H2,1-5H3/t16-,17-,18-,19-,20+,21+,22+,23+,24-,25-,26-/m1/s1. The van der Waals surface area contributed by atoms with Crippen molar-refractivity contribution in [2.24, 2.45) is 52.3 Å². The van der Waals surface area contributed by atoms with Crippen LogP contribution in [0.1, 0.15) is 85.5 Å². The number of fused-ring (bicyclic) bond motifs is 5. The Labute approximate surface area is 196 Å². The number of hydrogen-bond acceptors (Lipinski definition) is 4. The fourth-order valence-corrected chi connectivity index (χ4v) is 10.1. The van der Waals surface area contributed by atoms with Crippen molar-refractivity contribution >= 4 is 10.0 Å². The van der Waals surface area contributed by atoms with E-state index in [1.54, 1.807) is 0 Å². The molecule has 0 saturated heterocycles. The molecule has 3 N–H and O–H groups in total. The van der Waals surface area contributed by atoms with E-state index < -0.39 is 10.0 Å². The third kappa shape index (κ3) is 4.09. The first-order valence-electron chi connectivity index (χ1n) is 13.2. The third-order valence-electron chi connectivity index (χ3n) is 11.1. The molecule has 0 aliphatic heterocycles. The van der Waals surface area contributed by atoms with Gasteiger partial charge in [0.1, 0.15) is 0 Å². The van der Waals surface area contributed by atoms with Gasteiger partial charge in [0.15, 0.2) is 0 Å². The first-order valence-corrected chi connectivity index (χ1v) is 15.1. The first kappa shape index (κ1) is 24.9. The van der Waals surface area contributed by atoms with Crippen LogP contribution >= 0.6 is 0 Å². The molecular formula is C26H47NO4S. The number of nitrogens with one attached hydrogen (secondary N) is 1. The van der Waals surface area contributed by atoms with Gasteiger partial charge in [0.25, 0.3) is 0 Å². The Kier molecular flexibility index (Phi) is 6.86. The van der Waals surface area contributed by atoms with E-state index in [1.807, 2.05) is 0 Å². The van der Waals surface area contributed by atoms with E-state index in [-0.39, 0.29) is 23.0 Å². The Morgan fingerprint density at radius 3 is 2.31 bits per heavy atom. The summed E-state index contributed by atoms with van der Waals surface area (Å²) in [5.41, 5.74) is 0.483. The summed E-state index contributed by atoms with van der Waals surface area (Å²) < 4.78 is 25.7. The van der Waals surface area contributed by atoms with Gasteiger partial charge in [-0.15, -0.1) is 0 Å². The predicted molar refractivity (Wildman–Crippen MR) is 128 cm³/mol. The summed E-state index contributed by atoms with van der Waals surface area (Å²) in [6.45, 7) is 10.0. The molecule has 0 spiro atoms. The quantitative estimate of drug-likeness (QED) is 0.544. The number of aliphatic hydroxyl groups excluding tert-OH is 2. The van der Waals surface area contributed by atoms with E-state index in [1.165, 1.54) is 31.9 Å². The Balaban J connectivity index is 1.56. The maximum atomic E-state index is 11.8. The van der Waals surface area contributed by atoms with Gasteiger partial charge in [0.2, 0.25) is 10.0 Å². The minimum atomic E-state index is -3.14. The molecule has 11 atom stereocenters. The summed E-state index contributed by atoms with van der Waals surface area (Å²) in [5, 5.41) is 22.2. The van der Waals surface area contributed by atoms with E-state index in [4.69, 9.17) is 0 Å². The largest absolute Gasteiger partial charge is 0.393 e. The van der Waals surface area contributed by atoms with Crippen LogP contribution in [0.2, 0.25) is 0 Å². The van der Waals surface area contributed by atoms with Gasteiger partial charge in [-0.25, -0.2) is 13.1 Å². The molecule has 186 valence electrons. The van der Waals surface area contributed by atoms with Crippen LogP contribution in [0.3, 0.4) is 0 Å². The van der Waals surface area contributed by atoms with E-state index >= 15 is 0 Å². The maximum absolute atomic E-state index is 11.8. The molecular weight excluding hydrogens is 422 g/mol. The predicted octanol–water partition coefficient (Wildman–Crippen LogP) is 4.19. The highest BCUT2D eigenvalue weighted by Crippen LogP contribution is 2.69. The van der Waals surface area contributed by atoms with Gasteiger partial charge in [0, 0.05) is 6.54 Å². The zero-order chi connectivity index (χ0) is 23.5. The lowest BCUT2D eigenvalue weighted by Gasteiger charge is -2.64. The second-order valence-corrected chi connectivity index (χ2v) is 14.4. The Morgan fingerprint density at radius 2 is 1.66 bits per heavy atom. The summed E-state index contributed by atoms with van der Waals surface area (Å²) in [6.07, 6.45) is 10.4. The molecule has 0 bridgehead atoms. The normalized spacial score (nSPS) is 49.7. The number of aliphatic hydroxyl groups is 2. The van der Waals surface area contributed by atoms with Gasteiger partial charge in [-0.3, -0.25) is 0 Å². The molecule has 0 aromatic rings. The van der Waals surface area contributed by atoms with E-state index in [9.17, 15) is 18.6 Å². The molecule has 6 heteroatoms. The van der Waals surface area contributed by atoms with Crippen molar-refractivity contribution in [3.8, 4) is 0 Å². The first-order chi connectivity index (χ1) is 14.9. The van der Waals surface area contributed by atoms with Gasteiger partial charge in [0.05, 0.1) is 18.5 Å². The van der Waals surface area contributed by atoms with Crippen molar-refractivity contribution in [1.29, 1.82) is 0 Å². The van der Waals surface area contributed by atoms with Crippen LogP contribution < -0.4 is 4.72 Å². The minimum absolute atomic E-state index is 0.197. The molecule has 0 radical (unpaired) electrons. The maximum Gasteiger partial charge on any atom is 0.208 e. The molecule has 0 heterocycles. The molecule has 0 amide bonds. The van der Waals surface area contributed by atoms with Crippen LogP contribution in [0.25, 0.3) is 0 Å². The smallest absolute Gasteiger partial charge is 0.208 e. The van der Waals surface area contributed by atoms with Gasteiger partial charge in [-0.1, -0.05) is 34.1 Å². The molecule has 4 fully saturated rings. The third-order valence-corrected chi connectivity index (χ3v) is 11.8. The molecule has 4 aliphatic rings. The van der Waals surface area contributed by atoms with Crippen molar-refractivity contribution in [3.63, 3.8) is 0 Å². The molecule has 4 saturated carbocycles. The Morgan fingerprint density at radius 1 is 1.00 bits per heavy atom. The van der Waals surface area contributed by atoms with Gasteiger partial charge in [-0.05, 0) is 104 Å². The Hall–Kier alpha value is -0.170. The average molecular weight is 470 g/mol. The summed E-state index contributed by atoms with van der Waals surface area (Å²) in [5.74, 6) is 3.32. The molecule has 4 rings (SSSR count). The van der Waals surface area contributed by atoms with Crippen molar-refractivity contribution in [2.45, 2.75) is 97.7 Å². The van der Waals surface area contributed by atoms with Crippen molar-refractivity contribution in [3.05, 3.63) is 0 Å². The lowest BCUT2D eigenvalue weighted by atomic mass is 9.41. The fraction of sp³-hybridized carbons (Fsp3) is 1.00. The van der Waals surface area contributed by atoms with Gasteiger partial charge < -0.3 is 10.2 Å². The van der Waals surface area contributed by atoms with Crippen molar-refractivity contribution < 1.29 is 18.6 Å². The van der Waals surface area contributed by atoms with Crippen LogP contribution in [-0.2, 0) is 10.0 Å². The monoisotopic (exact) mass is 469 g/mol. The second kappa shape index (κ2) is 8.80. The summed E-state index contributed by atoms with van der Waals surface area (Å²) >= 11 is 0. The topological polar surface area (TPSA) is 86.6 Å². The lowest BCUT2D eigenvalue weighted by Crippen LogP contribution is -2.62. The van der Waals surface area contributed by atoms with Crippen LogP contribution in [0, 0.1) is 52.3 Å². The molecule has 0 aromatic heterocycles. The zero-order valence-corrected chi connectivity index (χ0v) is 21.7. The van der Waals surface area contributed by atoms with Crippen molar-refractivity contribution in [2.75, 3.05) is 12.8 Å². The lowest BCUT2D eigenvalue weighted by molar-refractivity contribution is -0.203. The van der Waals surface area contributed by atoms with E-state index in [0.29, 0.717) is 48.0 Å². The van der Waals surface area contributed by atoms with Crippen LogP contribution in [-0.4, -0.2) is 43.6 Å². The highest BCUT2D eigenvalue weighted by atomic mass is 32.2. The van der Waals surface area contributed by atoms with Crippen molar-refractivity contribution in [1.82, 2.24) is 4.72 Å². The molecule has 0 aromatic carbocycles. The molecule has 32 heavy (non-hydrogen) atoms. The van der Waals surface area contributed by atoms with Crippen LogP contribution in [0.15, 0.2) is 0 Å². The highest BCUT2D eigenvalue weighted by Gasteiger charge is 2.64. The van der Waals surface area contributed by atoms with Crippen LogP contribution in [0.4, 0.5) is 0 Å². The summed E-state index contributed by atoms with van der Waals surface area (Å²) in [6, 6.07) is 0. The summed E-state index contributed by atoms with van der Waals surface area (Å²) in [7, 11) is -3.14. The number of rotatable bonds is 6. The fourth-order valence-electron chi connectivity index (χ4n) is 9.61. The second-order valence-electron chi connectivity index (χ2n) is 12.6. The summed E-state index contributed by atoms with van der Waals surface area (Å²) in [4.78, 5) is 0. The molecule has 0 unspecified atom stereocenters. The number of sulfonamides is 1. The van der Waals surface area contributed by atoms with Gasteiger partial charge in [-0.2, -0.15) is 0 Å². The van der Waals surface area contributed by atoms with Crippen LogP contribution in [0.5, 0.6) is 0 Å². The van der Waals surface area contributed by atoms with E-state index in [2.05, 4.69) is 32.4 Å². The van der Waals surface area contributed by atoms with Gasteiger partial charge >= 0.3 is 0 Å². The highest BCUT2D eigenvalue weighted by molar-refractivity contribution is 7.88. The molecule has 5 nitrogen and oxygen atoms in total. The minimum Gasteiger partial charge on any atom is -0.393 e.